The van der Waals surface area contributed by atoms with Crippen molar-refractivity contribution in [3.05, 3.63) is 77.4 Å². The van der Waals surface area contributed by atoms with E-state index in [1.54, 1.807) is 27.6 Å². The molecule has 3 aromatic carbocycles. The molecule has 0 bridgehead atoms. The molecule has 0 spiro atoms. The molecule has 4 heteroatoms. The van der Waals surface area contributed by atoms with Gasteiger partial charge in [-0.2, -0.15) is 0 Å². The minimum atomic E-state index is -0.184. The molecule has 0 amide bonds. The van der Waals surface area contributed by atoms with E-state index < -0.39 is 0 Å². The minimum absolute atomic E-state index is 0.106. The first-order valence-corrected chi connectivity index (χ1v) is 22.2. The van der Waals surface area contributed by atoms with Crippen molar-refractivity contribution in [3.8, 4) is 22.3 Å². The number of halogens is 2. The molecule has 2 fully saturated rings. The van der Waals surface area contributed by atoms with Crippen LogP contribution in [0.15, 0.2) is 60.7 Å². The van der Waals surface area contributed by atoms with Gasteiger partial charge in [0.1, 0.15) is 0 Å². The van der Waals surface area contributed by atoms with Gasteiger partial charge < -0.3 is 0 Å². The van der Waals surface area contributed by atoms with E-state index in [0.717, 1.165) is 11.3 Å². The molecular weight excluding hydrogens is 677 g/mol. The van der Waals surface area contributed by atoms with Gasteiger partial charge >= 0.3 is 35.0 Å². The molecule has 0 aliphatic heterocycles. The Hall–Kier alpha value is -0.668. The summed E-state index contributed by atoms with van der Waals surface area (Å²) < 4.78 is 0. The molecule has 0 radical (unpaired) electrons. The molecule has 3 aromatic rings. The van der Waals surface area contributed by atoms with Crippen LogP contribution in [0.1, 0.15) is 140 Å². The quantitative estimate of drug-likeness (QED) is 0.160. The molecule has 2 aliphatic carbocycles. The summed E-state index contributed by atoms with van der Waals surface area (Å²) in [5.41, 5.74) is 12.5. The standard InChI is InChI=1S/C39H53P.2ClH.Pd/c1-27(2)34-26-35(28(3)4)39(37(29(5)6)38(34)30-18-10-7-11-19-30)33-24-16-17-25-36(33)40(31-20-12-8-13-21-31)32-22-14-9-15-23-32;;;/h7,10-11,16-19,24-29,31-32H,8-9,12-15,20-23H2,1-6H3;2*1H;/q;;;+2/p-2. The fraction of sp³-hybridized carbons (Fsp3) is 0.538. The van der Waals surface area contributed by atoms with E-state index in [9.17, 15) is 0 Å². The molecule has 0 heterocycles. The Morgan fingerprint density at radius 3 is 1.56 bits per heavy atom. The molecule has 0 nitrogen and oxygen atoms in total. The Morgan fingerprint density at radius 2 is 1.07 bits per heavy atom. The Morgan fingerprint density at radius 1 is 0.605 bits per heavy atom. The second-order valence-electron chi connectivity index (χ2n) is 13.6. The summed E-state index contributed by atoms with van der Waals surface area (Å²) in [4.78, 5) is 0. The normalized spacial score (nSPS) is 16.7. The molecule has 2 saturated carbocycles. The van der Waals surface area contributed by atoms with Crippen molar-refractivity contribution in [2.45, 2.75) is 135 Å². The summed E-state index contributed by atoms with van der Waals surface area (Å²) in [6.45, 7) is 14.5. The predicted octanol–water partition coefficient (Wildman–Crippen LogP) is 13.5. The number of benzene rings is 3. The maximum atomic E-state index is 4.81. The van der Waals surface area contributed by atoms with Gasteiger partial charge in [-0.1, -0.05) is 149 Å². The van der Waals surface area contributed by atoms with Crippen LogP contribution in [-0.2, 0) is 15.9 Å². The van der Waals surface area contributed by atoms with Gasteiger partial charge in [-0.3, -0.25) is 0 Å². The molecule has 2 aliphatic rings. The molecule has 5 rings (SSSR count). The second-order valence-corrected chi connectivity index (χ2v) is 18.7. The van der Waals surface area contributed by atoms with E-state index in [4.69, 9.17) is 19.1 Å². The average Bonchev–Trinajstić information content (AvgIpc) is 3.02. The molecule has 0 saturated heterocycles. The van der Waals surface area contributed by atoms with Gasteiger partial charge in [0.2, 0.25) is 0 Å². The zero-order valence-corrected chi connectivity index (χ0v) is 31.2. The third kappa shape index (κ3) is 8.58. The summed E-state index contributed by atoms with van der Waals surface area (Å²) >= 11 is -0.106. The Kier molecular flexibility index (Phi) is 14.2. The van der Waals surface area contributed by atoms with Crippen LogP contribution in [-0.4, -0.2) is 11.3 Å². The number of hydrogen-bond donors (Lipinski definition) is 0. The summed E-state index contributed by atoms with van der Waals surface area (Å²) in [5, 5.41) is 1.73. The van der Waals surface area contributed by atoms with Crippen LogP contribution in [0, 0.1) is 0 Å². The van der Waals surface area contributed by atoms with Crippen molar-refractivity contribution in [3.63, 3.8) is 0 Å². The fourth-order valence-electron chi connectivity index (χ4n) is 7.78. The molecule has 43 heavy (non-hydrogen) atoms. The molecular formula is C39H53Cl2PPd. The van der Waals surface area contributed by atoms with Gasteiger partial charge in [-0.05, 0) is 99.0 Å². The van der Waals surface area contributed by atoms with Crippen molar-refractivity contribution in [2.75, 3.05) is 0 Å². The van der Waals surface area contributed by atoms with E-state index >= 15 is 0 Å². The number of rotatable bonds is 8. The van der Waals surface area contributed by atoms with E-state index in [1.165, 1.54) is 80.9 Å². The van der Waals surface area contributed by atoms with Crippen molar-refractivity contribution in [2.24, 2.45) is 0 Å². The van der Waals surface area contributed by atoms with Crippen LogP contribution < -0.4 is 5.30 Å². The Labute approximate surface area is 281 Å². The SMILES string of the molecule is CC(C)c1cc(C(C)C)c(-c2ccccc2P(C2CCCCC2)C2CCCCC2)c(C(C)C)c1-c1ccccc1.[Cl][Pd][Cl]. The third-order valence-corrected chi connectivity index (χ3v) is 13.3. The first-order valence-electron chi connectivity index (χ1n) is 16.8. The van der Waals surface area contributed by atoms with Gasteiger partial charge in [0.15, 0.2) is 0 Å². The molecule has 0 aromatic heterocycles. The summed E-state index contributed by atoms with van der Waals surface area (Å²) in [5.74, 6) is 1.42. The maximum absolute atomic E-state index is 4.81. The predicted molar refractivity (Wildman–Crippen MR) is 192 cm³/mol. The van der Waals surface area contributed by atoms with E-state index in [-0.39, 0.29) is 23.9 Å². The van der Waals surface area contributed by atoms with Gasteiger partial charge in [-0.25, -0.2) is 0 Å². The summed E-state index contributed by atoms with van der Waals surface area (Å²) in [6.07, 6.45) is 14.4. The zero-order chi connectivity index (χ0) is 30.9. The van der Waals surface area contributed by atoms with Crippen LogP contribution >= 0.6 is 27.0 Å². The topological polar surface area (TPSA) is 0 Å². The van der Waals surface area contributed by atoms with Gasteiger partial charge in [0.05, 0.1) is 0 Å². The monoisotopic (exact) mass is 728 g/mol. The molecule has 238 valence electrons. The zero-order valence-electron chi connectivity index (χ0n) is 27.3. The van der Waals surface area contributed by atoms with Crippen LogP contribution in [0.25, 0.3) is 22.3 Å². The summed E-state index contributed by atoms with van der Waals surface area (Å²) in [6, 6.07) is 23.7. The fourth-order valence-corrected chi connectivity index (χ4v) is 11.7. The third-order valence-electron chi connectivity index (χ3n) is 9.70. The van der Waals surface area contributed by atoms with Gasteiger partial charge in [0, 0.05) is 0 Å². The van der Waals surface area contributed by atoms with Gasteiger partial charge in [0.25, 0.3) is 0 Å². The molecule has 0 N–H and O–H groups in total. The van der Waals surface area contributed by atoms with Crippen molar-refractivity contribution in [1.29, 1.82) is 0 Å². The van der Waals surface area contributed by atoms with Crippen LogP contribution in [0.5, 0.6) is 0 Å². The van der Waals surface area contributed by atoms with E-state index in [0.29, 0.717) is 17.8 Å². The van der Waals surface area contributed by atoms with Crippen LogP contribution in [0.2, 0.25) is 0 Å². The van der Waals surface area contributed by atoms with Gasteiger partial charge in [-0.15, -0.1) is 0 Å². The Bertz CT molecular complexity index is 1260. The van der Waals surface area contributed by atoms with Crippen molar-refractivity contribution >= 4 is 32.3 Å². The molecule has 0 unspecified atom stereocenters. The first kappa shape index (κ1) is 35.2. The first-order chi connectivity index (χ1) is 20.8. The average molecular weight is 730 g/mol. The summed E-state index contributed by atoms with van der Waals surface area (Å²) in [7, 11) is 9.44. The second kappa shape index (κ2) is 17.3. The van der Waals surface area contributed by atoms with Crippen LogP contribution in [0.3, 0.4) is 0 Å². The van der Waals surface area contributed by atoms with Crippen molar-refractivity contribution in [1.82, 2.24) is 0 Å². The van der Waals surface area contributed by atoms with Crippen molar-refractivity contribution < 1.29 is 15.9 Å². The van der Waals surface area contributed by atoms with E-state index in [2.05, 4.69) is 102 Å². The van der Waals surface area contributed by atoms with E-state index in [1.807, 2.05) is 0 Å². The Balaban J connectivity index is 0.00000135. The molecule has 0 atom stereocenters. The van der Waals surface area contributed by atoms with Crippen LogP contribution in [0.4, 0.5) is 0 Å². The number of hydrogen-bond acceptors (Lipinski definition) is 0.